The number of halogens is 1. The van der Waals surface area contributed by atoms with Crippen LogP contribution in [0.3, 0.4) is 0 Å². The summed E-state index contributed by atoms with van der Waals surface area (Å²) in [5, 5.41) is 3.30. The van der Waals surface area contributed by atoms with Gasteiger partial charge in [0.1, 0.15) is 15.3 Å². The molecule has 0 bridgehead atoms. The Hall–Kier alpha value is -1.77. The Morgan fingerprint density at radius 2 is 2.08 bits per heavy atom. The van der Waals surface area contributed by atoms with Gasteiger partial charge in [0.05, 0.1) is 0 Å². The zero-order valence-corrected chi connectivity index (χ0v) is 14.8. The lowest BCUT2D eigenvalue weighted by Gasteiger charge is -2.18. The van der Waals surface area contributed by atoms with Crippen LogP contribution in [0.1, 0.15) is 10.8 Å². The monoisotopic (exact) mass is 387 g/mol. The number of alkyl halides is 1. The number of amides is 1. The van der Waals surface area contributed by atoms with Crippen molar-refractivity contribution in [2.45, 2.75) is 9.46 Å². The minimum absolute atomic E-state index is 0.0779. The van der Waals surface area contributed by atoms with Crippen molar-refractivity contribution in [2.24, 2.45) is 0 Å². The molecular weight excluding hydrogens is 374 g/mol. The number of fused-ring (bicyclic) bond motifs is 1. The molecule has 1 aromatic heterocycles. The Morgan fingerprint density at radius 1 is 1.29 bits per heavy atom. The molecule has 0 saturated heterocycles. The molecule has 1 N–H and O–H groups in total. The highest BCUT2D eigenvalue weighted by Gasteiger charge is 2.31. The second-order valence-electron chi connectivity index (χ2n) is 5.02. The summed E-state index contributed by atoms with van der Waals surface area (Å²) in [4.78, 5) is 11.5. The van der Waals surface area contributed by atoms with Gasteiger partial charge in [0.2, 0.25) is 12.7 Å². The zero-order valence-electron chi connectivity index (χ0n) is 12.4. The van der Waals surface area contributed by atoms with Gasteiger partial charge in [0, 0.05) is 6.54 Å². The lowest BCUT2D eigenvalue weighted by Crippen LogP contribution is -2.32. The SMILES string of the molecule is O=C(CCl)NC[C@@H](c1ccc2c(c1)OCO2)S(=O)(=O)c1cccs1. The molecule has 6 nitrogen and oxygen atoms in total. The van der Waals surface area contributed by atoms with Crippen LogP contribution in [0.4, 0.5) is 0 Å². The average Bonchev–Trinajstić information content (AvgIpc) is 3.25. The van der Waals surface area contributed by atoms with Crippen LogP contribution in [0.25, 0.3) is 0 Å². The summed E-state index contributed by atoms with van der Waals surface area (Å²) in [5.41, 5.74) is 0.516. The standard InChI is InChI=1S/C15H14ClNO5S2/c16-7-14(18)17-8-13(24(19,20)15-2-1-5-23-15)10-3-4-11-12(6-10)22-9-21-11/h1-6,13H,7-9H2,(H,17,18)/t13-/m0/s1. The van der Waals surface area contributed by atoms with Crippen LogP contribution in [0, 0.1) is 0 Å². The molecule has 0 radical (unpaired) electrons. The Morgan fingerprint density at radius 3 is 2.79 bits per heavy atom. The molecule has 1 aliphatic rings. The predicted molar refractivity (Wildman–Crippen MR) is 90.5 cm³/mol. The molecule has 0 spiro atoms. The second kappa shape index (κ2) is 7.00. The maximum atomic E-state index is 12.9. The normalized spacial score (nSPS) is 14.4. The van der Waals surface area contributed by atoms with E-state index in [0.717, 1.165) is 11.3 Å². The molecule has 0 unspecified atom stereocenters. The summed E-state index contributed by atoms with van der Waals surface area (Å²) in [5.74, 6) is 0.398. The number of sulfone groups is 1. The van der Waals surface area contributed by atoms with Crippen LogP contribution in [-0.2, 0) is 14.6 Å². The fourth-order valence-corrected chi connectivity index (χ4v) is 5.29. The third-order valence-electron chi connectivity index (χ3n) is 3.52. The third-order valence-corrected chi connectivity index (χ3v) is 7.30. The van der Waals surface area contributed by atoms with Gasteiger partial charge in [-0.3, -0.25) is 4.79 Å². The van der Waals surface area contributed by atoms with E-state index in [1.54, 1.807) is 35.7 Å². The van der Waals surface area contributed by atoms with E-state index in [4.69, 9.17) is 21.1 Å². The smallest absolute Gasteiger partial charge is 0.234 e. The quantitative estimate of drug-likeness (QED) is 0.769. The molecule has 1 atom stereocenters. The molecule has 1 amide bonds. The van der Waals surface area contributed by atoms with E-state index >= 15 is 0 Å². The maximum Gasteiger partial charge on any atom is 0.234 e. The molecule has 1 aromatic carbocycles. The first kappa shape index (κ1) is 17.1. The molecule has 24 heavy (non-hydrogen) atoms. The van der Waals surface area contributed by atoms with Gasteiger partial charge in [0.25, 0.3) is 0 Å². The number of carbonyl (C=O) groups excluding carboxylic acids is 1. The summed E-state index contributed by atoms with van der Waals surface area (Å²) < 4.78 is 36.7. The lowest BCUT2D eigenvalue weighted by molar-refractivity contribution is -0.118. The summed E-state index contributed by atoms with van der Waals surface area (Å²) in [6, 6.07) is 8.17. The molecule has 0 saturated carbocycles. The van der Waals surface area contributed by atoms with E-state index in [0.29, 0.717) is 17.1 Å². The minimum Gasteiger partial charge on any atom is -0.454 e. The summed E-state index contributed by atoms with van der Waals surface area (Å²) in [6.07, 6.45) is 0. The Labute approximate surface area is 148 Å². The molecule has 9 heteroatoms. The number of hydrogen-bond acceptors (Lipinski definition) is 6. The molecule has 2 heterocycles. The van der Waals surface area contributed by atoms with Gasteiger partial charge in [-0.1, -0.05) is 12.1 Å². The van der Waals surface area contributed by atoms with E-state index in [1.165, 1.54) is 0 Å². The van der Waals surface area contributed by atoms with Gasteiger partial charge in [-0.05, 0) is 29.1 Å². The van der Waals surface area contributed by atoms with Gasteiger partial charge < -0.3 is 14.8 Å². The molecular formula is C15H14ClNO5S2. The Kier molecular flexibility index (Phi) is 4.98. The van der Waals surface area contributed by atoms with Crippen LogP contribution in [-0.4, -0.2) is 33.5 Å². The van der Waals surface area contributed by atoms with Crippen LogP contribution < -0.4 is 14.8 Å². The Bertz CT molecular complexity index is 836. The van der Waals surface area contributed by atoms with E-state index < -0.39 is 21.0 Å². The summed E-state index contributed by atoms with van der Waals surface area (Å²) in [6.45, 7) is 0.0234. The van der Waals surface area contributed by atoms with Crippen LogP contribution in [0.5, 0.6) is 11.5 Å². The van der Waals surface area contributed by atoms with Crippen LogP contribution in [0.15, 0.2) is 39.9 Å². The largest absolute Gasteiger partial charge is 0.454 e. The van der Waals surface area contributed by atoms with Crippen molar-refractivity contribution >= 4 is 38.7 Å². The molecule has 0 aliphatic carbocycles. The Balaban J connectivity index is 1.97. The van der Waals surface area contributed by atoms with Crippen LogP contribution >= 0.6 is 22.9 Å². The number of thiophene rings is 1. The second-order valence-corrected chi connectivity index (χ2v) is 8.59. The van der Waals surface area contributed by atoms with E-state index in [2.05, 4.69) is 5.32 Å². The molecule has 2 aromatic rings. The van der Waals surface area contributed by atoms with Gasteiger partial charge in [-0.2, -0.15) is 0 Å². The van der Waals surface area contributed by atoms with Crippen molar-refractivity contribution in [3.8, 4) is 11.5 Å². The molecule has 0 fully saturated rings. The zero-order chi connectivity index (χ0) is 17.2. The topological polar surface area (TPSA) is 81.7 Å². The molecule has 1 aliphatic heterocycles. The van der Waals surface area contributed by atoms with E-state index in [-0.39, 0.29) is 23.4 Å². The van der Waals surface area contributed by atoms with Crippen molar-refractivity contribution in [3.63, 3.8) is 0 Å². The third kappa shape index (κ3) is 3.35. The first-order chi connectivity index (χ1) is 11.5. The predicted octanol–water partition coefficient (Wildman–Crippen LogP) is 2.35. The van der Waals surface area contributed by atoms with Crippen molar-refractivity contribution in [3.05, 3.63) is 41.3 Å². The summed E-state index contributed by atoms with van der Waals surface area (Å²) in [7, 11) is -3.67. The fourth-order valence-electron chi connectivity index (χ4n) is 2.34. The van der Waals surface area contributed by atoms with Gasteiger partial charge in [0.15, 0.2) is 21.3 Å². The van der Waals surface area contributed by atoms with Crippen LogP contribution in [0.2, 0.25) is 0 Å². The molecule has 3 rings (SSSR count). The number of nitrogens with one attached hydrogen (secondary N) is 1. The lowest BCUT2D eigenvalue weighted by atomic mass is 10.1. The first-order valence-corrected chi connectivity index (χ1v) is 9.98. The van der Waals surface area contributed by atoms with Gasteiger partial charge >= 0.3 is 0 Å². The highest BCUT2D eigenvalue weighted by Crippen LogP contribution is 2.38. The number of benzene rings is 1. The van der Waals surface area contributed by atoms with Gasteiger partial charge in [-0.15, -0.1) is 22.9 Å². The van der Waals surface area contributed by atoms with Crippen molar-refractivity contribution in [1.82, 2.24) is 5.32 Å². The number of rotatable bonds is 6. The van der Waals surface area contributed by atoms with Crippen molar-refractivity contribution in [1.29, 1.82) is 0 Å². The average molecular weight is 388 g/mol. The van der Waals surface area contributed by atoms with E-state index in [9.17, 15) is 13.2 Å². The first-order valence-electron chi connectivity index (χ1n) is 7.02. The maximum absolute atomic E-state index is 12.9. The van der Waals surface area contributed by atoms with Crippen molar-refractivity contribution in [2.75, 3.05) is 19.2 Å². The highest BCUT2D eigenvalue weighted by molar-refractivity contribution is 7.93. The minimum atomic E-state index is -3.67. The van der Waals surface area contributed by atoms with Crippen molar-refractivity contribution < 1.29 is 22.7 Å². The number of ether oxygens (including phenoxy) is 2. The number of hydrogen-bond donors (Lipinski definition) is 1. The highest BCUT2D eigenvalue weighted by atomic mass is 35.5. The van der Waals surface area contributed by atoms with Gasteiger partial charge in [-0.25, -0.2) is 8.42 Å². The fraction of sp³-hybridized carbons (Fsp3) is 0.267. The number of carbonyl (C=O) groups is 1. The van der Waals surface area contributed by atoms with E-state index in [1.807, 2.05) is 0 Å². The summed E-state index contributed by atoms with van der Waals surface area (Å²) >= 11 is 6.61. The molecule has 128 valence electrons.